The molecule has 0 saturated carbocycles. The second kappa shape index (κ2) is 7.56. The summed E-state index contributed by atoms with van der Waals surface area (Å²) >= 11 is 3.46. The Labute approximate surface area is 133 Å². The normalized spacial score (nSPS) is 11.1. The van der Waals surface area contributed by atoms with E-state index in [1.54, 1.807) is 12.4 Å². The number of hydrogen-bond acceptors (Lipinski definition) is 4. The summed E-state index contributed by atoms with van der Waals surface area (Å²) in [4.78, 5) is 4.36. The zero-order chi connectivity index (χ0) is 15.2. The molecule has 1 N–H and O–H groups in total. The van der Waals surface area contributed by atoms with Gasteiger partial charge in [-0.1, -0.05) is 13.8 Å². The van der Waals surface area contributed by atoms with Gasteiger partial charge in [-0.15, -0.1) is 0 Å². The second-order valence-corrected chi connectivity index (χ2v) is 6.19. The van der Waals surface area contributed by atoms with Crippen molar-refractivity contribution in [3.8, 4) is 11.6 Å². The van der Waals surface area contributed by atoms with Gasteiger partial charge in [0.15, 0.2) is 5.75 Å². The van der Waals surface area contributed by atoms with Crippen LogP contribution in [0.2, 0.25) is 0 Å². The molecule has 2 heterocycles. The largest absolute Gasteiger partial charge is 0.435 e. The van der Waals surface area contributed by atoms with Crippen molar-refractivity contribution in [2.24, 2.45) is 5.92 Å². The highest BCUT2D eigenvalue weighted by atomic mass is 79.9. The monoisotopic (exact) mass is 352 g/mol. The van der Waals surface area contributed by atoms with Gasteiger partial charge in [0.1, 0.15) is 0 Å². The van der Waals surface area contributed by atoms with Gasteiger partial charge in [-0.3, -0.25) is 4.68 Å². The van der Waals surface area contributed by atoms with Crippen molar-refractivity contribution >= 4 is 15.9 Å². The number of nitrogens with one attached hydrogen (secondary N) is 1. The summed E-state index contributed by atoms with van der Waals surface area (Å²) in [7, 11) is 0. The number of ether oxygens (including phenoxy) is 1. The van der Waals surface area contributed by atoms with Crippen molar-refractivity contribution in [1.82, 2.24) is 20.1 Å². The van der Waals surface area contributed by atoms with Crippen LogP contribution in [0.25, 0.3) is 0 Å². The van der Waals surface area contributed by atoms with Gasteiger partial charge >= 0.3 is 0 Å². The highest BCUT2D eigenvalue weighted by molar-refractivity contribution is 9.10. The fourth-order valence-corrected chi connectivity index (χ4v) is 2.24. The fourth-order valence-electron chi connectivity index (χ4n) is 1.86. The molecule has 2 aromatic rings. The quantitative estimate of drug-likeness (QED) is 0.826. The molecule has 114 valence electrons. The number of aromatic nitrogens is 3. The molecule has 0 unspecified atom stereocenters. The Morgan fingerprint density at radius 1 is 1.38 bits per heavy atom. The lowest BCUT2D eigenvalue weighted by Gasteiger charge is -2.11. The van der Waals surface area contributed by atoms with Crippen LogP contribution in [0, 0.1) is 5.92 Å². The third-order valence-electron chi connectivity index (χ3n) is 2.91. The molecule has 0 aliphatic rings. The molecule has 6 heteroatoms. The van der Waals surface area contributed by atoms with Crippen molar-refractivity contribution in [3.05, 3.63) is 34.7 Å². The zero-order valence-corrected chi connectivity index (χ0v) is 14.2. The first-order valence-electron chi connectivity index (χ1n) is 7.14. The first-order chi connectivity index (χ1) is 10.1. The van der Waals surface area contributed by atoms with Crippen LogP contribution in [0.15, 0.2) is 29.1 Å². The van der Waals surface area contributed by atoms with Gasteiger partial charge in [0.2, 0.25) is 5.88 Å². The fraction of sp³-hybridized carbons (Fsp3) is 0.467. The molecule has 0 fully saturated rings. The molecule has 0 aliphatic carbocycles. The van der Waals surface area contributed by atoms with E-state index in [1.165, 1.54) is 0 Å². The minimum Gasteiger partial charge on any atom is -0.435 e. The average molecular weight is 353 g/mol. The van der Waals surface area contributed by atoms with E-state index in [4.69, 9.17) is 4.74 Å². The Balaban J connectivity index is 2.10. The molecule has 0 amide bonds. The van der Waals surface area contributed by atoms with Crippen molar-refractivity contribution in [2.45, 2.75) is 33.9 Å². The Kier molecular flexibility index (Phi) is 5.76. The van der Waals surface area contributed by atoms with Crippen LogP contribution in [0.1, 0.15) is 26.3 Å². The van der Waals surface area contributed by atoms with Crippen molar-refractivity contribution in [1.29, 1.82) is 0 Å². The van der Waals surface area contributed by atoms with Crippen LogP contribution < -0.4 is 10.1 Å². The van der Waals surface area contributed by atoms with Crippen molar-refractivity contribution in [2.75, 3.05) is 6.54 Å². The SMILES string of the molecule is CCn1cc(Oc2ncc(Br)cc2CNCC(C)C)cn1. The van der Waals surface area contributed by atoms with E-state index in [9.17, 15) is 0 Å². The molecule has 0 radical (unpaired) electrons. The van der Waals surface area contributed by atoms with Crippen LogP contribution in [-0.2, 0) is 13.1 Å². The van der Waals surface area contributed by atoms with E-state index in [0.717, 1.165) is 29.7 Å². The molecular formula is C15H21BrN4O. The standard InChI is InChI=1S/C15H21BrN4O/c1-4-20-10-14(9-19-20)21-15-12(5-13(16)8-18-15)7-17-6-11(2)3/h5,8-11,17H,4,6-7H2,1-3H3. The highest BCUT2D eigenvalue weighted by Crippen LogP contribution is 2.25. The number of halogens is 1. The summed E-state index contributed by atoms with van der Waals surface area (Å²) in [5, 5.41) is 7.61. The molecular weight excluding hydrogens is 332 g/mol. The van der Waals surface area contributed by atoms with Crippen molar-refractivity contribution < 1.29 is 4.74 Å². The predicted molar refractivity (Wildman–Crippen MR) is 86.5 cm³/mol. The maximum absolute atomic E-state index is 5.85. The minimum absolute atomic E-state index is 0.609. The second-order valence-electron chi connectivity index (χ2n) is 5.28. The van der Waals surface area contributed by atoms with E-state index in [0.29, 0.717) is 17.5 Å². The van der Waals surface area contributed by atoms with E-state index in [1.807, 2.05) is 23.9 Å². The summed E-state index contributed by atoms with van der Waals surface area (Å²) in [6, 6.07) is 2.03. The lowest BCUT2D eigenvalue weighted by Crippen LogP contribution is -2.19. The van der Waals surface area contributed by atoms with Crippen LogP contribution in [0.3, 0.4) is 0 Å². The van der Waals surface area contributed by atoms with Gasteiger partial charge in [-0.05, 0) is 41.4 Å². The highest BCUT2D eigenvalue weighted by Gasteiger charge is 2.09. The molecule has 0 atom stereocenters. The summed E-state index contributed by atoms with van der Waals surface area (Å²) in [5.74, 6) is 1.93. The maximum atomic E-state index is 5.85. The molecule has 0 spiro atoms. The minimum atomic E-state index is 0.609. The molecule has 2 rings (SSSR count). The van der Waals surface area contributed by atoms with Crippen LogP contribution in [-0.4, -0.2) is 21.3 Å². The summed E-state index contributed by atoms with van der Waals surface area (Å²) < 4.78 is 8.62. The number of hydrogen-bond donors (Lipinski definition) is 1. The predicted octanol–water partition coefficient (Wildman–Crippen LogP) is 3.60. The Morgan fingerprint density at radius 2 is 2.19 bits per heavy atom. The van der Waals surface area contributed by atoms with Gasteiger partial charge in [0.25, 0.3) is 0 Å². The molecule has 0 aromatic carbocycles. The Morgan fingerprint density at radius 3 is 2.86 bits per heavy atom. The number of pyridine rings is 1. The molecule has 5 nitrogen and oxygen atoms in total. The first kappa shape index (κ1) is 16.0. The Hall–Kier alpha value is -1.40. The van der Waals surface area contributed by atoms with Crippen LogP contribution in [0.5, 0.6) is 11.6 Å². The van der Waals surface area contributed by atoms with E-state index in [2.05, 4.69) is 45.2 Å². The van der Waals surface area contributed by atoms with Crippen LogP contribution >= 0.6 is 15.9 Å². The summed E-state index contributed by atoms with van der Waals surface area (Å²) in [6.07, 6.45) is 5.32. The lowest BCUT2D eigenvalue weighted by atomic mass is 10.2. The third-order valence-corrected chi connectivity index (χ3v) is 3.34. The smallest absolute Gasteiger partial charge is 0.223 e. The number of rotatable bonds is 7. The van der Waals surface area contributed by atoms with Gasteiger partial charge in [0, 0.05) is 29.3 Å². The van der Waals surface area contributed by atoms with Crippen LogP contribution in [0.4, 0.5) is 0 Å². The number of aryl methyl sites for hydroxylation is 1. The van der Waals surface area contributed by atoms with Gasteiger partial charge in [0.05, 0.1) is 12.4 Å². The maximum Gasteiger partial charge on any atom is 0.223 e. The lowest BCUT2D eigenvalue weighted by molar-refractivity contribution is 0.449. The molecule has 0 saturated heterocycles. The Bertz CT molecular complexity index is 583. The average Bonchev–Trinajstić information content (AvgIpc) is 2.89. The van der Waals surface area contributed by atoms with Gasteiger partial charge < -0.3 is 10.1 Å². The van der Waals surface area contributed by atoms with Gasteiger partial charge in [-0.2, -0.15) is 5.10 Å². The molecule has 0 bridgehead atoms. The first-order valence-corrected chi connectivity index (χ1v) is 7.93. The molecule has 2 aromatic heterocycles. The summed E-state index contributed by atoms with van der Waals surface area (Å²) in [6.45, 7) is 8.91. The molecule has 21 heavy (non-hydrogen) atoms. The van der Waals surface area contributed by atoms with E-state index >= 15 is 0 Å². The molecule has 0 aliphatic heterocycles. The van der Waals surface area contributed by atoms with Crippen molar-refractivity contribution in [3.63, 3.8) is 0 Å². The number of nitrogens with zero attached hydrogens (tertiary/aromatic N) is 3. The third kappa shape index (κ3) is 4.82. The zero-order valence-electron chi connectivity index (χ0n) is 12.6. The van der Waals surface area contributed by atoms with E-state index < -0.39 is 0 Å². The van der Waals surface area contributed by atoms with Gasteiger partial charge in [-0.25, -0.2) is 4.98 Å². The summed E-state index contributed by atoms with van der Waals surface area (Å²) in [5.41, 5.74) is 1.02. The topological polar surface area (TPSA) is 52.0 Å². The van der Waals surface area contributed by atoms with E-state index in [-0.39, 0.29) is 0 Å².